The maximum atomic E-state index is 12.8. The van der Waals surface area contributed by atoms with E-state index in [0.717, 1.165) is 19.6 Å². The smallest absolute Gasteiger partial charge is 0.258 e. The Morgan fingerprint density at radius 3 is 3.17 bits per heavy atom. The van der Waals surface area contributed by atoms with E-state index in [2.05, 4.69) is 32.5 Å². The maximum absolute atomic E-state index is 12.8. The van der Waals surface area contributed by atoms with Crippen LogP contribution in [-0.4, -0.2) is 54.0 Å². The normalized spacial score (nSPS) is 26.6. The molecular weight excluding hydrogens is 306 g/mol. The van der Waals surface area contributed by atoms with E-state index in [1.165, 1.54) is 0 Å². The molecule has 3 N–H and O–H groups in total. The van der Waals surface area contributed by atoms with Crippen LogP contribution in [0.4, 0.5) is 0 Å². The Morgan fingerprint density at radius 1 is 1.46 bits per heavy atom. The molecule has 1 aromatic heterocycles. The van der Waals surface area contributed by atoms with Crippen LogP contribution in [-0.2, 0) is 11.3 Å². The average Bonchev–Trinajstić information content (AvgIpc) is 3.09. The molecule has 0 aliphatic carbocycles. The van der Waals surface area contributed by atoms with Crippen molar-refractivity contribution in [1.29, 1.82) is 0 Å². The van der Waals surface area contributed by atoms with E-state index in [9.17, 15) is 9.59 Å². The molecule has 126 valence electrons. The van der Waals surface area contributed by atoms with Crippen molar-refractivity contribution in [3.8, 4) is 0 Å². The van der Waals surface area contributed by atoms with Crippen molar-refractivity contribution in [3.05, 3.63) is 40.4 Å². The van der Waals surface area contributed by atoms with Crippen molar-refractivity contribution in [2.75, 3.05) is 33.2 Å². The van der Waals surface area contributed by atoms with Crippen LogP contribution in [0.25, 0.3) is 10.9 Å². The molecule has 7 heteroatoms. The predicted octanol–water partition coefficient (Wildman–Crippen LogP) is -0.309. The van der Waals surface area contributed by atoms with Crippen molar-refractivity contribution in [2.45, 2.75) is 6.54 Å². The predicted molar refractivity (Wildman–Crippen MR) is 90.5 cm³/mol. The summed E-state index contributed by atoms with van der Waals surface area (Å²) in [6, 6.07) is 7.20. The molecule has 7 nitrogen and oxygen atoms in total. The minimum atomic E-state index is -0.369. The molecule has 2 fully saturated rings. The number of carbonyl (C=O) groups is 1. The third kappa shape index (κ3) is 2.40. The Bertz CT molecular complexity index is 848. The summed E-state index contributed by atoms with van der Waals surface area (Å²) in [6.07, 6.45) is 0. The Labute approximate surface area is 139 Å². The first-order valence-electron chi connectivity index (χ1n) is 8.24. The Hall–Kier alpha value is -2.25. The molecular formula is C17H21N5O2. The van der Waals surface area contributed by atoms with Crippen LogP contribution in [0.1, 0.15) is 5.82 Å². The lowest BCUT2D eigenvalue weighted by Crippen LogP contribution is -2.47. The molecule has 0 radical (unpaired) electrons. The van der Waals surface area contributed by atoms with Crippen LogP contribution < -0.4 is 16.2 Å². The summed E-state index contributed by atoms with van der Waals surface area (Å²) < 4.78 is 0. The first kappa shape index (κ1) is 15.3. The molecule has 0 bridgehead atoms. The standard InChI is InChI=1S/C17H21N5O2/c1-22-8-11-6-18-9-17(11,10-22)16(24)19-7-14-20-13-5-3-2-4-12(13)15(23)21-14/h2-5,11,18H,6-10H2,1H3,(H,19,24)(H,20,21,23)/t11-,17-/m1/s1. The number of aromatic amines is 1. The number of amides is 1. The molecule has 4 rings (SSSR count). The van der Waals surface area contributed by atoms with E-state index >= 15 is 0 Å². The van der Waals surface area contributed by atoms with Crippen molar-refractivity contribution < 1.29 is 4.79 Å². The first-order chi connectivity index (χ1) is 11.6. The van der Waals surface area contributed by atoms with Gasteiger partial charge in [0.25, 0.3) is 5.56 Å². The largest absolute Gasteiger partial charge is 0.348 e. The zero-order valence-corrected chi connectivity index (χ0v) is 13.6. The van der Waals surface area contributed by atoms with Crippen LogP contribution in [0.2, 0.25) is 0 Å². The number of hydrogen-bond acceptors (Lipinski definition) is 5. The number of likely N-dealkylation sites (tertiary alicyclic amines) is 1. The highest BCUT2D eigenvalue weighted by Gasteiger charge is 2.53. The summed E-state index contributed by atoms with van der Waals surface area (Å²) in [7, 11) is 2.05. The fraction of sp³-hybridized carbons (Fsp3) is 0.471. The quantitative estimate of drug-likeness (QED) is 0.719. The van der Waals surface area contributed by atoms with E-state index in [0.29, 0.717) is 29.2 Å². The van der Waals surface area contributed by atoms with Gasteiger partial charge in [0.1, 0.15) is 5.82 Å². The number of nitrogens with zero attached hydrogens (tertiary/aromatic N) is 2. The number of rotatable bonds is 3. The van der Waals surface area contributed by atoms with E-state index in [-0.39, 0.29) is 23.4 Å². The maximum Gasteiger partial charge on any atom is 0.258 e. The van der Waals surface area contributed by atoms with Gasteiger partial charge in [0.2, 0.25) is 5.91 Å². The van der Waals surface area contributed by atoms with Crippen LogP contribution in [0.3, 0.4) is 0 Å². The lowest BCUT2D eigenvalue weighted by Gasteiger charge is -2.26. The summed E-state index contributed by atoms with van der Waals surface area (Å²) in [4.78, 5) is 34.3. The second-order valence-corrected chi connectivity index (χ2v) is 6.89. The number of para-hydroxylation sites is 1. The SMILES string of the molecule is CN1C[C@H]2CNC[C@@]2(C(=O)NCc2nc3ccccc3c(=O)[nH]2)C1. The zero-order chi connectivity index (χ0) is 16.7. The fourth-order valence-electron chi connectivity index (χ4n) is 4.05. The van der Waals surface area contributed by atoms with Gasteiger partial charge in [0.15, 0.2) is 0 Å². The van der Waals surface area contributed by atoms with E-state index in [4.69, 9.17) is 0 Å². The third-order valence-corrected chi connectivity index (χ3v) is 5.23. The van der Waals surface area contributed by atoms with Crippen molar-refractivity contribution in [1.82, 2.24) is 25.5 Å². The summed E-state index contributed by atoms with van der Waals surface area (Å²) in [5.41, 5.74) is 0.0972. The van der Waals surface area contributed by atoms with Gasteiger partial charge in [-0.15, -0.1) is 0 Å². The summed E-state index contributed by atoms with van der Waals surface area (Å²) in [5.74, 6) is 0.862. The van der Waals surface area contributed by atoms with Crippen molar-refractivity contribution >= 4 is 16.8 Å². The molecule has 0 spiro atoms. The van der Waals surface area contributed by atoms with E-state index in [1.54, 1.807) is 12.1 Å². The second kappa shape index (κ2) is 5.68. The average molecular weight is 327 g/mol. The number of carbonyl (C=O) groups excluding carboxylic acids is 1. The van der Waals surface area contributed by atoms with E-state index in [1.807, 2.05) is 12.1 Å². The third-order valence-electron chi connectivity index (χ3n) is 5.23. The summed E-state index contributed by atoms with van der Waals surface area (Å²) in [5, 5.41) is 6.87. The molecule has 2 aliphatic heterocycles. The van der Waals surface area contributed by atoms with Gasteiger partial charge in [-0.1, -0.05) is 12.1 Å². The topological polar surface area (TPSA) is 90.1 Å². The minimum absolute atomic E-state index is 0.0395. The molecule has 2 saturated heterocycles. The first-order valence-corrected chi connectivity index (χ1v) is 8.24. The highest BCUT2D eigenvalue weighted by molar-refractivity contribution is 5.84. The Morgan fingerprint density at radius 2 is 2.29 bits per heavy atom. The van der Waals surface area contributed by atoms with Crippen LogP contribution in [0.5, 0.6) is 0 Å². The van der Waals surface area contributed by atoms with Gasteiger partial charge >= 0.3 is 0 Å². The molecule has 24 heavy (non-hydrogen) atoms. The summed E-state index contributed by atoms with van der Waals surface area (Å²) >= 11 is 0. The van der Waals surface area contributed by atoms with Gasteiger partial charge in [-0.25, -0.2) is 4.98 Å². The van der Waals surface area contributed by atoms with Crippen molar-refractivity contribution in [3.63, 3.8) is 0 Å². The van der Waals surface area contributed by atoms with Gasteiger partial charge < -0.3 is 20.5 Å². The fourth-order valence-corrected chi connectivity index (χ4v) is 4.05. The van der Waals surface area contributed by atoms with Gasteiger partial charge in [-0.05, 0) is 19.2 Å². The molecule has 2 aliphatic rings. The molecule has 1 aromatic carbocycles. The zero-order valence-electron chi connectivity index (χ0n) is 13.6. The number of benzene rings is 1. The highest BCUT2D eigenvalue weighted by atomic mass is 16.2. The highest BCUT2D eigenvalue weighted by Crippen LogP contribution is 2.38. The van der Waals surface area contributed by atoms with Crippen LogP contribution >= 0.6 is 0 Å². The number of nitrogens with one attached hydrogen (secondary N) is 3. The molecule has 2 atom stereocenters. The lowest BCUT2D eigenvalue weighted by atomic mass is 9.80. The Balaban J connectivity index is 1.53. The minimum Gasteiger partial charge on any atom is -0.348 e. The molecule has 1 amide bonds. The molecule has 0 unspecified atom stereocenters. The molecule has 3 heterocycles. The molecule has 0 saturated carbocycles. The van der Waals surface area contributed by atoms with Crippen LogP contribution in [0, 0.1) is 11.3 Å². The lowest BCUT2D eigenvalue weighted by molar-refractivity contribution is -0.130. The van der Waals surface area contributed by atoms with Gasteiger partial charge in [-0.2, -0.15) is 0 Å². The van der Waals surface area contributed by atoms with E-state index < -0.39 is 0 Å². The van der Waals surface area contributed by atoms with Gasteiger partial charge in [0, 0.05) is 32.1 Å². The molecule has 2 aromatic rings. The number of aromatic nitrogens is 2. The van der Waals surface area contributed by atoms with Crippen molar-refractivity contribution in [2.24, 2.45) is 11.3 Å². The number of H-pyrrole nitrogens is 1. The van der Waals surface area contributed by atoms with Gasteiger partial charge in [-0.3, -0.25) is 9.59 Å². The van der Waals surface area contributed by atoms with Crippen LogP contribution in [0.15, 0.2) is 29.1 Å². The number of fused-ring (bicyclic) bond motifs is 2. The van der Waals surface area contributed by atoms with Gasteiger partial charge in [0.05, 0.1) is 22.9 Å². The second-order valence-electron chi connectivity index (χ2n) is 6.89. The Kier molecular flexibility index (Phi) is 3.62. The number of hydrogen-bond donors (Lipinski definition) is 3. The summed E-state index contributed by atoms with van der Waals surface area (Å²) in [6.45, 7) is 3.51. The monoisotopic (exact) mass is 327 g/mol.